The van der Waals surface area contributed by atoms with Gasteiger partial charge >= 0.3 is 0 Å². The van der Waals surface area contributed by atoms with Gasteiger partial charge < -0.3 is 15.3 Å². The Morgan fingerprint density at radius 1 is 1.04 bits per heavy atom. The van der Waals surface area contributed by atoms with Crippen LogP contribution in [0.2, 0.25) is 0 Å². The van der Waals surface area contributed by atoms with Gasteiger partial charge in [0.1, 0.15) is 17.2 Å². The van der Waals surface area contributed by atoms with E-state index in [2.05, 4.69) is 10.5 Å². The monoisotopic (exact) mass is 314 g/mol. The Labute approximate surface area is 133 Å². The van der Waals surface area contributed by atoms with E-state index in [1.165, 1.54) is 24.4 Å². The minimum Gasteiger partial charge on any atom is -0.508 e. The fraction of sp³-hybridized carbons (Fsp3) is 0.176. The number of benzene rings is 2. The maximum atomic E-state index is 11.6. The van der Waals surface area contributed by atoms with Crippen LogP contribution in [0.3, 0.4) is 0 Å². The molecule has 2 aromatic rings. The zero-order chi connectivity index (χ0) is 16.7. The van der Waals surface area contributed by atoms with Gasteiger partial charge in [-0.15, -0.1) is 0 Å². The molecule has 1 amide bonds. The Balaban J connectivity index is 1.74. The minimum absolute atomic E-state index is 0.0436. The van der Waals surface area contributed by atoms with Gasteiger partial charge in [-0.05, 0) is 42.7 Å². The van der Waals surface area contributed by atoms with Crippen molar-refractivity contribution in [1.29, 1.82) is 0 Å². The lowest BCUT2D eigenvalue weighted by molar-refractivity contribution is -0.121. The lowest BCUT2D eigenvalue weighted by atomic mass is 10.1. The highest BCUT2D eigenvalue weighted by molar-refractivity contribution is 5.85. The summed E-state index contributed by atoms with van der Waals surface area (Å²) in [5.41, 5.74) is 3.83. The smallest absolute Gasteiger partial charge is 0.240 e. The van der Waals surface area contributed by atoms with Gasteiger partial charge in [0.05, 0.1) is 6.21 Å². The molecule has 2 aromatic carbocycles. The molecular weight excluding hydrogens is 296 g/mol. The summed E-state index contributed by atoms with van der Waals surface area (Å²) >= 11 is 0. The quantitative estimate of drug-likeness (QED) is 0.485. The maximum Gasteiger partial charge on any atom is 0.240 e. The van der Waals surface area contributed by atoms with Crippen molar-refractivity contribution >= 4 is 12.1 Å². The van der Waals surface area contributed by atoms with Gasteiger partial charge in [-0.2, -0.15) is 5.10 Å². The van der Waals surface area contributed by atoms with Crippen LogP contribution in [-0.4, -0.2) is 27.4 Å². The fourth-order valence-corrected chi connectivity index (χ4v) is 1.99. The lowest BCUT2D eigenvalue weighted by Crippen LogP contribution is -2.17. The molecule has 0 aliphatic rings. The van der Waals surface area contributed by atoms with E-state index >= 15 is 0 Å². The number of amides is 1. The molecule has 120 valence electrons. The molecule has 0 saturated heterocycles. The number of carbonyl (C=O) groups excluding carboxylic acids is 1. The van der Waals surface area contributed by atoms with Crippen molar-refractivity contribution in [3.63, 3.8) is 0 Å². The summed E-state index contributed by atoms with van der Waals surface area (Å²) in [6.07, 6.45) is 3.03. The van der Waals surface area contributed by atoms with Crippen LogP contribution in [0.1, 0.15) is 24.0 Å². The van der Waals surface area contributed by atoms with E-state index in [-0.39, 0.29) is 23.2 Å². The number of nitrogens with one attached hydrogen (secondary N) is 1. The average molecular weight is 314 g/mol. The number of carbonyl (C=O) groups is 1. The molecule has 0 aliphatic heterocycles. The molecule has 23 heavy (non-hydrogen) atoms. The average Bonchev–Trinajstić information content (AvgIpc) is 2.51. The first-order valence-electron chi connectivity index (χ1n) is 7.16. The number of nitrogens with zero attached hydrogens (tertiary/aromatic N) is 1. The molecule has 0 bridgehead atoms. The first-order chi connectivity index (χ1) is 11.0. The maximum absolute atomic E-state index is 11.6. The molecular formula is C17H18N2O4. The van der Waals surface area contributed by atoms with E-state index in [0.29, 0.717) is 18.4 Å². The molecule has 0 spiro atoms. The molecule has 0 heterocycles. The summed E-state index contributed by atoms with van der Waals surface area (Å²) < 4.78 is 0. The zero-order valence-electron chi connectivity index (χ0n) is 12.4. The first kappa shape index (κ1) is 16.4. The highest BCUT2D eigenvalue weighted by Crippen LogP contribution is 2.20. The zero-order valence-corrected chi connectivity index (χ0v) is 12.4. The summed E-state index contributed by atoms with van der Waals surface area (Å²) in [6.45, 7) is 0. The van der Waals surface area contributed by atoms with Gasteiger partial charge in [-0.25, -0.2) is 5.43 Å². The minimum atomic E-state index is -0.224. The summed E-state index contributed by atoms with van der Waals surface area (Å²) in [5.74, 6) is -0.162. The van der Waals surface area contributed by atoms with Crippen molar-refractivity contribution < 1.29 is 20.1 Å². The van der Waals surface area contributed by atoms with Gasteiger partial charge in [0.15, 0.2) is 0 Å². The summed E-state index contributed by atoms with van der Waals surface area (Å²) in [7, 11) is 0. The van der Waals surface area contributed by atoms with E-state index in [1.807, 2.05) is 12.1 Å². The Hall–Kier alpha value is -3.02. The topological polar surface area (TPSA) is 102 Å². The fourth-order valence-electron chi connectivity index (χ4n) is 1.99. The normalized spacial score (nSPS) is 10.8. The van der Waals surface area contributed by atoms with Crippen molar-refractivity contribution in [3.8, 4) is 17.2 Å². The molecule has 0 aromatic heterocycles. The van der Waals surface area contributed by atoms with Crippen molar-refractivity contribution in [3.05, 3.63) is 53.6 Å². The van der Waals surface area contributed by atoms with Gasteiger partial charge in [-0.1, -0.05) is 12.1 Å². The van der Waals surface area contributed by atoms with Crippen LogP contribution >= 0.6 is 0 Å². The standard InChI is InChI=1S/C17H18N2O4/c20-14-7-4-12(5-8-14)2-1-3-17(23)19-18-11-13-6-9-15(21)10-16(13)22/h4-11,20-22H,1-3H2,(H,19,23)/b18-11-. The lowest BCUT2D eigenvalue weighted by Gasteiger charge is -2.02. The highest BCUT2D eigenvalue weighted by Gasteiger charge is 2.02. The number of phenols is 3. The Kier molecular flexibility index (Phi) is 5.57. The number of hydrogen-bond acceptors (Lipinski definition) is 5. The molecule has 0 atom stereocenters. The van der Waals surface area contributed by atoms with Crippen molar-refractivity contribution in [2.24, 2.45) is 5.10 Å². The molecule has 0 radical (unpaired) electrons. The third kappa shape index (κ3) is 5.35. The van der Waals surface area contributed by atoms with Crippen LogP contribution in [-0.2, 0) is 11.2 Å². The van der Waals surface area contributed by atoms with Crippen LogP contribution in [0.15, 0.2) is 47.6 Å². The van der Waals surface area contributed by atoms with Crippen molar-refractivity contribution in [2.75, 3.05) is 0 Å². The summed E-state index contributed by atoms with van der Waals surface area (Å²) in [5, 5.41) is 31.7. The molecule has 6 nitrogen and oxygen atoms in total. The SMILES string of the molecule is O=C(CCCc1ccc(O)cc1)N/N=C\c1ccc(O)cc1O. The molecule has 0 saturated carbocycles. The first-order valence-corrected chi connectivity index (χ1v) is 7.16. The number of rotatable bonds is 6. The molecule has 6 heteroatoms. The number of hydrazone groups is 1. The van der Waals surface area contributed by atoms with Gasteiger partial charge in [-0.3, -0.25) is 4.79 Å². The van der Waals surface area contributed by atoms with Gasteiger partial charge in [0.25, 0.3) is 0 Å². The second-order valence-electron chi connectivity index (χ2n) is 5.06. The van der Waals surface area contributed by atoms with Crippen molar-refractivity contribution in [1.82, 2.24) is 5.43 Å². The van der Waals surface area contributed by atoms with Crippen LogP contribution in [0.5, 0.6) is 17.2 Å². The van der Waals surface area contributed by atoms with E-state index in [1.54, 1.807) is 12.1 Å². The number of aryl methyl sites for hydroxylation is 1. The number of aromatic hydroxyl groups is 3. The van der Waals surface area contributed by atoms with E-state index in [0.717, 1.165) is 12.0 Å². The summed E-state index contributed by atoms with van der Waals surface area (Å²) in [4.78, 5) is 11.6. The second-order valence-corrected chi connectivity index (χ2v) is 5.06. The van der Waals surface area contributed by atoms with E-state index in [4.69, 9.17) is 5.11 Å². The third-order valence-electron chi connectivity index (χ3n) is 3.21. The third-order valence-corrected chi connectivity index (χ3v) is 3.21. The predicted octanol–water partition coefficient (Wildman–Crippen LogP) is 2.28. The van der Waals surface area contributed by atoms with Gasteiger partial charge in [0, 0.05) is 18.1 Å². The molecule has 2 rings (SSSR count). The highest BCUT2D eigenvalue weighted by atomic mass is 16.3. The largest absolute Gasteiger partial charge is 0.508 e. The summed E-state index contributed by atoms with van der Waals surface area (Å²) in [6, 6.07) is 11.0. The van der Waals surface area contributed by atoms with E-state index < -0.39 is 0 Å². The molecule has 0 fully saturated rings. The number of phenolic OH excluding ortho intramolecular Hbond substituents is 3. The molecule has 0 unspecified atom stereocenters. The van der Waals surface area contributed by atoms with E-state index in [9.17, 15) is 15.0 Å². The number of hydrogen-bond donors (Lipinski definition) is 4. The Bertz CT molecular complexity index is 696. The molecule has 4 N–H and O–H groups in total. The van der Waals surface area contributed by atoms with Crippen LogP contribution in [0.25, 0.3) is 0 Å². The van der Waals surface area contributed by atoms with Crippen LogP contribution < -0.4 is 5.43 Å². The van der Waals surface area contributed by atoms with Crippen LogP contribution in [0, 0.1) is 0 Å². The Morgan fingerprint density at radius 2 is 1.74 bits per heavy atom. The predicted molar refractivity (Wildman–Crippen MR) is 86.6 cm³/mol. The van der Waals surface area contributed by atoms with Gasteiger partial charge in [0.2, 0.25) is 5.91 Å². The van der Waals surface area contributed by atoms with Crippen molar-refractivity contribution in [2.45, 2.75) is 19.3 Å². The molecule has 0 aliphatic carbocycles. The van der Waals surface area contributed by atoms with Crippen LogP contribution in [0.4, 0.5) is 0 Å². The second kappa shape index (κ2) is 7.84. The Morgan fingerprint density at radius 3 is 2.43 bits per heavy atom.